The molecule has 0 aliphatic carbocycles. The second-order valence-corrected chi connectivity index (χ2v) is 5.95. The Morgan fingerprint density at radius 3 is 1.50 bits per heavy atom. The number of para-hydroxylation sites is 2. The number of amides is 2. The van der Waals surface area contributed by atoms with Gasteiger partial charge in [0.1, 0.15) is 11.5 Å². The highest BCUT2D eigenvalue weighted by atomic mass is 35.5. The molecule has 2 N–H and O–H groups in total. The fourth-order valence-corrected chi connectivity index (χ4v) is 2.30. The Hall–Kier alpha value is -2.44. The number of rotatable bonds is 9. The molecule has 6 nitrogen and oxygen atoms in total. The molecule has 0 atom stereocenters. The van der Waals surface area contributed by atoms with E-state index in [4.69, 9.17) is 32.7 Å². The van der Waals surface area contributed by atoms with Gasteiger partial charge in [-0.15, -0.1) is 0 Å². The van der Waals surface area contributed by atoms with Gasteiger partial charge in [-0.2, -0.15) is 0 Å². The van der Waals surface area contributed by atoms with Gasteiger partial charge in [-0.3, -0.25) is 9.59 Å². The molecule has 8 heteroatoms. The zero-order valence-electron chi connectivity index (χ0n) is 13.8. The Morgan fingerprint density at radius 2 is 1.12 bits per heavy atom. The molecule has 0 spiro atoms. The molecule has 0 fully saturated rings. The minimum Gasteiger partial charge on any atom is -0.482 e. The molecule has 0 heterocycles. The van der Waals surface area contributed by atoms with Crippen molar-refractivity contribution in [2.24, 2.45) is 0 Å². The largest absolute Gasteiger partial charge is 0.482 e. The first-order valence-electron chi connectivity index (χ1n) is 7.84. The van der Waals surface area contributed by atoms with Crippen molar-refractivity contribution in [1.82, 2.24) is 10.6 Å². The van der Waals surface area contributed by atoms with Crippen molar-refractivity contribution in [3.05, 3.63) is 58.6 Å². The van der Waals surface area contributed by atoms with Crippen LogP contribution >= 0.6 is 23.2 Å². The molecule has 0 radical (unpaired) electrons. The van der Waals surface area contributed by atoms with Crippen molar-refractivity contribution in [2.75, 3.05) is 26.3 Å². The van der Waals surface area contributed by atoms with Crippen LogP contribution in [0.1, 0.15) is 0 Å². The average Bonchev–Trinajstić information content (AvgIpc) is 2.64. The minimum atomic E-state index is -0.313. The summed E-state index contributed by atoms with van der Waals surface area (Å²) in [6.45, 7) is 0.214. The molecule has 0 aliphatic heterocycles. The van der Waals surface area contributed by atoms with E-state index in [1.54, 1.807) is 48.5 Å². The summed E-state index contributed by atoms with van der Waals surface area (Å²) >= 11 is 11.9. The second-order valence-electron chi connectivity index (χ2n) is 5.14. The van der Waals surface area contributed by atoms with Crippen LogP contribution in [-0.2, 0) is 9.59 Å². The summed E-state index contributed by atoms with van der Waals surface area (Å²) in [6.07, 6.45) is 0. The molecule has 0 saturated carbocycles. The van der Waals surface area contributed by atoms with Gasteiger partial charge in [-0.05, 0) is 24.3 Å². The lowest BCUT2D eigenvalue weighted by atomic mass is 10.3. The molecule has 2 aromatic carbocycles. The Labute approximate surface area is 161 Å². The molecular formula is C18H18Cl2N2O4. The van der Waals surface area contributed by atoms with Crippen LogP contribution in [0.5, 0.6) is 11.5 Å². The van der Waals surface area contributed by atoms with Crippen molar-refractivity contribution in [3.63, 3.8) is 0 Å². The lowest BCUT2D eigenvalue weighted by Gasteiger charge is -2.10. The third kappa shape index (κ3) is 6.82. The van der Waals surface area contributed by atoms with E-state index in [9.17, 15) is 9.59 Å². The van der Waals surface area contributed by atoms with Crippen molar-refractivity contribution in [1.29, 1.82) is 0 Å². The van der Waals surface area contributed by atoms with Crippen LogP contribution in [0, 0.1) is 0 Å². The summed E-state index contributed by atoms with van der Waals surface area (Å²) in [5.74, 6) is 0.252. The van der Waals surface area contributed by atoms with E-state index in [2.05, 4.69) is 10.6 Å². The predicted molar refractivity (Wildman–Crippen MR) is 99.9 cm³/mol. The monoisotopic (exact) mass is 396 g/mol. The number of carbonyl (C=O) groups is 2. The first-order chi connectivity index (χ1) is 12.6. The smallest absolute Gasteiger partial charge is 0.258 e. The molecule has 2 aromatic rings. The van der Waals surface area contributed by atoms with Gasteiger partial charge in [-0.1, -0.05) is 47.5 Å². The fraction of sp³-hybridized carbons (Fsp3) is 0.222. The maximum Gasteiger partial charge on any atom is 0.258 e. The average molecular weight is 397 g/mol. The molecule has 0 bridgehead atoms. The van der Waals surface area contributed by atoms with Crippen LogP contribution in [-0.4, -0.2) is 38.1 Å². The molecule has 0 saturated heterocycles. The molecule has 0 unspecified atom stereocenters. The van der Waals surface area contributed by atoms with Gasteiger partial charge in [-0.25, -0.2) is 0 Å². The van der Waals surface area contributed by atoms with E-state index in [0.29, 0.717) is 21.5 Å². The van der Waals surface area contributed by atoms with Crippen LogP contribution in [0.25, 0.3) is 0 Å². The number of hydrogen-bond acceptors (Lipinski definition) is 4. The Morgan fingerprint density at radius 1 is 0.731 bits per heavy atom. The van der Waals surface area contributed by atoms with Gasteiger partial charge in [0.05, 0.1) is 10.0 Å². The second kappa shape index (κ2) is 10.5. The lowest BCUT2D eigenvalue weighted by Crippen LogP contribution is -2.38. The van der Waals surface area contributed by atoms with Crippen molar-refractivity contribution < 1.29 is 19.1 Å². The summed E-state index contributed by atoms with van der Waals surface area (Å²) in [5, 5.41) is 6.13. The first kappa shape index (κ1) is 19.9. The number of ether oxygens (including phenoxy) is 2. The molecule has 26 heavy (non-hydrogen) atoms. The first-order valence-corrected chi connectivity index (χ1v) is 8.60. The summed E-state index contributed by atoms with van der Waals surface area (Å²) in [7, 11) is 0. The summed E-state index contributed by atoms with van der Waals surface area (Å²) in [4.78, 5) is 23.4. The van der Waals surface area contributed by atoms with E-state index in [1.165, 1.54) is 0 Å². The van der Waals surface area contributed by atoms with Crippen LogP contribution in [0.2, 0.25) is 10.0 Å². The fourth-order valence-electron chi connectivity index (χ4n) is 1.92. The summed E-state index contributed by atoms with van der Waals surface area (Å²) in [5.41, 5.74) is 0. The van der Waals surface area contributed by atoms with Crippen molar-refractivity contribution in [2.45, 2.75) is 0 Å². The third-order valence-corrected chi connectivity index (χ3v) is 3.78. The third-order valence-electron chi connectivity index (χ3n) is 3.16. The minimum absolute atomic E-state index is 0.159. The molecule has 2 amide bonds. The highest BCUT2D eigenvalue weighted by Gasteiger charge is 2.07. The van der Waals surface area contributed by atoms with E-state index >= 15 is 0 Å². The summed E-state index contributed by atoms with van der Waals surface area (Å²) in [6, 6.07) is 13.8. The van der Waals surface area contributed by atoms with Crippen LogP contribution in [0.3, 0.4) is 0 Å². The maximum absolute atomic E-state index is 11.7. The highest BCUT2D eigenvalue weighted by molar-refractivity contribution is 6.32. The zero-order chi connectivity index (χ0) is 18.8. The Bertz CT molecular complexity index is 692. The highest BCUT2D eigenvalue weighted by Crippen LogP contribution is 2.23. The number of nitrogens with one attached hydrogen (secondary N) is 2. The van der Waals surface area contributed by atoms with Gasteiger partial charge in [0.15, 0.2) is 13.2 Å². The van der Waals surface area contributed by atoms with Gasteiger partial charge in [0.2, 0.25) is 0 Å². The molecule has 138 valence electrons. The Balaban J connectivity index is 1.58. The number of halogens is 2. The van der Waals surface area contributed by atoms with Gasteiger partial charge >= 0.3 is 0 Å². The van der Waals surface area contributed by atoms with E-state index in [1.807, 2.05) is 0 Å². The van der Waals surface area contributed by atoms with E-state index < -0.39 is 0 Å². The number of benzene rings is 2. The topological polar surface area (TPSA) is 76.7 Å². The molecule has 0 aliphatic rings. The van der Waals surface area contributed by atoms with Crippen LogP contribution < -0.4 is 20.1 Å². The quantitative estimate of drug-likeness (QED) is 0.638. The molecule has 0 aromatic heterocycles. The SMILES string of the molecule is O=C(COc1ccccc1Cl)NCCNC(=O)COc1ccccc1Cl. The maximum atomic E-state index is 11.7. The molecule has 2 rings (SSSR count). The lowest BCUT2D eigenvalue weighted by molar-refractivity contribution is -0.124. The van der Waals surface area contributed by atoms with Gasteiger partial charge < -0.3 is 20.1 Å². The van der Waals surface area contributed by atoms with Crippen LogP contribution in [0.15, 0.2) is 48.5 Å². The number of carbonyl (C=O) groups excluding carboxylic acids is 2. The molecular weight excluding hydrogens is 379 g/mol. The van der Waals surface area contributed by atoms with Gasteiger partial charge in [0.25, 0.3) is 11.8 Å². The van der Waals surface area contributed by atoms with Gasteiger partial charge in [0, 0.05) is 13.1 Å². The standard InChI is InChI=1S/C18H18Cl2N2O4/c19-13-5-1-3-7-15(13)25-11-17(23)21-9-10-22-18(24)12-26-16-8-4-2-6-14(16)20/h1-8H,9-12H2,(H,21,23)(H,22,24). The van der Waals surface area contributed by atoms with Crippen molar-refractivity contribution >= 4 is 35.0 Å². The number of hydrogen-bond donors (Lipinski definition) is 2. The predicted octanol–water partition coefficient (Wildman–Crippen LogP) is 2.68. The van der Waals surface area contributed by atoms with E-state index in [0.717, 1.165) is 0 Å². The normalized spacial score (nSPS) is 10.1. The Kier molecular flexibility index (Phi) is 8.05. The van der Waals surface area contributed by atoms with Crippen LogP contribution in [0.4, 0.5) is 0 Å². The van der Waals surface area contributed by atoms with Crippen molar-refractivity contribution in [3.8, 4) is 11.5 Å². The van der Waals surface area contributed by atoms with E-state index in [-0.39, 0.29) is 38.1 Å². The zero-order valence-corrected chi connectivity index (χ0v) is 15.3. The summed E-state index contributed by atoms with van der Waals surface area (Å²) < 4.78 is 10.6.